The maximum absolute atomic E-state index is 11.1. The fraction of sp³-hybridized carbons (Fsp3) is 0.300. The molecule has 0 heterocycles. The van der Waals surface area contributed by atoms with Gasteiger partial charge in [0.1, 0.15) is 5.75 Å². The van der Waals surface area contributed by atoms with E-state index in [-0.39, 0.29) is 12.5 Å². The summed E-state index contributed by atoms with van der Waals surface area (Å²) in [5.41, 5.74) is 0. The summed E-state index contributed by atoms with van der Waals surface area (Å²) in [4.78, 5) is 11.1. The highest BCUT2D eigenvalue weighted by atomic mass is 35.5. The van der Waals surface area contributed by atoms with Gasteiger partial charge in [0.15, 0.2) is 6.61 Å². The Kier molecular flexibility index (Phi) is 5.29. The second-order valence-electron chi connectivity index (χ2n) is 2.78. The molecule has 0 atom stereocenters. The quantitative estimate of drug-likeness (QED) is 0.810. The number of benzene rings is 1. The third-order valence-electron chi connectivity index (χ3n) is 1.60. The molecule has 0 radical (unpaired) electrons. The Bertz CT molecular complexity index is 314. The molecule has 1 rings (SSSR count). The third kappa shape index (κ3) is 4.91. The van der Waals surface area contributed by atoms with Gasteiger partial charge in [-0.1, -0.05) is 11.6 Å². The average molecular weight is 248 g/mol. The van der Waals surface area contributed by atoms with Gasteiger partial charge in [0, 0.05) is 17.4 Å². The van der Waals surface area contributed by atoms with Crippen LogP contribution in [0.3, 0.4) is 0 Å². The Hall–Kier alpha value is -0.930. The summed E-state index contributed by atoms with van der Waals surface area (Å²) in [5.74, 6) is 0.818. The first kappa shape index (κ1) is 12.1. The maximum Gasteiger partial charge on any atom is 0.257 e. The molecule has 5 heteroatoms. The number of halogens is 2. The predicted octanol–water partition coefficient (Wildman–Crippen LogP) is 2.07. The molecule has 3 nitrogen and oxygen atoms in total. The van der Waals surface area contributed by atoms with E-state index in [1.807, 2.05) is 0 Å². The lowest BCUT2D eigenvalue weighted by Crippen LogP contribution is -2.30. The van der Waals surface area contributed by atoms with Gasteiger partial charge >= 0.3 is 0 Å². The van der Waals surface area contributed by atoms with Crippen molar-refractivity contribution < 1.29 is 9.53 Å². The van der Waals surface area contributed by atoms with Crippen molar-refractivity contribution in [3.8, 4) is 5.75 Å². The molecule has 1 N–H and O–H groups in total. The molecule has 0 aromatic heterocycles. The van der Waals surface area contributed by atoms with Gasteiger partial charge in [-0.25, -0.2) is 0 Å². The molecule has 0 bridgehead atoms. The molecule has 0 fully saturated rings. The zero-order valence-electron chi connectivity index (χ0n) is 8.00. The molecule has 0 saturated carbocycles. The zero-order valence-corrected chi connectivity index (χ0v) is 9.52. The van der Waals surface area contributed by atoms with Gasteiger partial charge < -0.3 is 10.1 Å². The van der Waals surface area contributed by atoms with E-state index in [0.717, 1.165) is 0 Å². The monoisotopic (exact) mass is 247 g/mol. The van der Waals surface area contributed by atoms with E-state index in [1.165, 1.54) is 0 Å². The number of alkyl halides is 1. The predicted molar refractivity (Wildman–Crippen MR) is 60.7 cm³/mol. The van der Waals surface area contributed by atoms with Crippen LogP contribution in [0.5, 0.6) is 5.75 Å². The molecule has 0 saturated heterocycles. The van der Waals surface area contributed by atoms with E-state index in [9.17, 15) is 4.79 Å². The topological polar surface area (TPSA) is 38.3 Å². The molecule has 15 heavy (non-hydrogen) atoms. The maximum atomic E-state index is 11.1. The highest BCUT2D eigenvalue weighted by molar-refractivity contribution is 6.30. The normalized spacial score (nSPS) is 9.73. The third-order valence-corrected chi connectivity index (χ3v) is 2.04. The van der Waals surface area contributed by atoms with Crippen LogP contribution in [0.4, 0.5) is 0 Å². The molecular formula is C10H11Cl2NO2. The van der Waals surface area contributed by atoms with Gasteiger partial charge in [0.2, 0.25) is 0 Å². The van der Waals surface area contributed by atoms with Crippen molar-refractivity contribution in [2.24, 2.45) is 0 Å². The van der Waals surface area contributed by atoms with Crippen molar-refractivity contribution in [2.45, 2.75) is 0 Å². The molecule has 0 unspecified atom stereocenters. The van der Waals surface area contributed by atoms with Crippen molar-refractivity contribution >= 4 is 29.1 Å². The number of hydrogen-bond acceptors (Lipinski definition) is 2. The number of nitrogens with one attached hydrogen (secondary N) is 1. The molecule has 0 aliphatic heterocycles. The van der Waals surface area contributed by atoms with E-state index in [0.29, 0.717) is 23.2 Å². The lowest BCUT2D eigenvalue weighted by Gasteiger charge is -2.06. The summed E-state index contributed by atoms with van der Waals surface area (Å²) in [7, 11) is 0. The van der Waals surface area contributed by atoms with Crippen LogP contribution in [0.25, 0.3) is 0 Å². The van der Waals surface area contributed by atoms with E-state index in [1.54, 1.807) is 24.3 Å². The molecule has 1 aromatic rings. The Morgan fingerprint density at radius 3 is 2.60 bits per heavy atom. The lowest BCUT2D eigenvalue weighted by molar-refractivity contribution is -0.122. The Morgan fingerprint density at radius 2 is 2.00 bits per heavy atom. The largest absolute Gasteiger partial charge is 0.484 e. The van der Waals surface area contributed by atoms with E-state index in [2.05, 4.69) is 5.32 Å². The number of carbonyl (C=O) groups excluding carboxylic acids is 1. The van der Waals surface area contributed by atoms with Crippen molar-refractivity contribution in [3.05, 3.63) is 29.3 Å². The van der Waals surface area contributed by atoms with Crippen LogP contribution in [-0.4, -0.2) is 24.9 Å². The molecular weight excluding hydrogens is 237 g/mol. The highest BCUT2D eigenvalue weighted by Gasteiger charge is 2.01. The standard InChI is InChI=1S/C10H11Cl2NO2/c11-5-6-13-10(14)7-15-9-3-1-8(12)2-4-9/h1-4H,5-7H2,(H,13,14). The summed E-state index contributed by atoms with van der Waals surface area (Å²) in [6, 6.07) is 6.81. The SMILES string of the molecule is O=C(COc1ccc(Cl)cc1)NCCCl. The highest BCUT2D eigenvalue weighted by Crippen LogP contribution is 2.15. The Morgan fingerprint density at radius 1 is 1.33 bits per heavy atom. The van der Waals surface area contributed by atoms with Crippen molar-refractivity contribution in [3.63, 3.8) is 0 Å². The lowest BCUT2D eigenvalue weighted by atomic mass is 10.3. The van der Waals surface area contributed by atoms with Gasteiger partial charge in [0.25, 0.3) is 5.91 Å². The first-order valence-electron chi connectivity index (χ1n) is 4.43. The van der Waals surface area contributed by atoms with Gasteiger partial charge in [-0.05, 0) is 24.3 Å². The van der Waals surface area contributed by atoms with Gasteiger partial charge in [0.05, 0.1) is 0 Å². The van der Waals surface area contributed by atoms with Crippen LogP contribution in [-0.2, 0) is 4.79 Å². The average Bonchev–Trinajstić information content (AvgIpc) is 2.25. The minimum absolute atomic E-state index is 0.0154. The molecule has 1 amide bonds. The van der Waals surface area contributed by atoms with Crippen LogP contribution < -0.4 is 10.1 Å². The minimum Gasteiger partial charge on any atom is -0.484 e. The van der Waals surface area contributed by atoms with Gasteiger partial charge in [-0.15, -0.1) is 11.6 Å². The number of hydrogen-bond donors (Lipinski definition) is 1. The zero-order chi connectivity index (χ0) is 11.1. The Balaban J connectivity index is 2.30. The fourth-order valence-corrected chi connectivity index (χ4v) is 1.14. The molecule has 0 aliphatic carbocycles. The number of amides is 1. The molecule has 0 spiro atoms. The molecule has 1 aromatic carbocycles. The summed E-state index contributed by atoms with van der Waals surface area (Å²) < 4.78 is 5.21. The number of ether oxygens (including phenoxy) is 1. The van der Waals surface area contributed by atoms with Gasteiger partial charge in [-0.2, -0.15) is 0 Å². The van der Waals surface area contributed by atoms with E-state index >= 15 is 0 Å². The summed E-state index contributed by atoms with van der Waals surface area (Å²) in [5, 5.41) is 3.23. The van der Waals surface area contributed by atoms with Crippen molar-refractivity contribution in [1.29, 1.82) is 0 Å². The first-order chi connectivity index (χ1) is 7.22. The number of carbonyl (C=O) groups is 1. The first-order valence-corrected chi connectivity index (χ1v) is 5.34. The van der Waals surface area contributed by atoms with Crippen molar-refractivity contribution in [1.82, 2.24) is 5.32 Å². The summed E-state index contributed by atoms with van der Waals surface area (Å²) >= 11 is 11.1. The minimum atomic E-state index is -0.189. The fourth-order valence-electron chi connectivity index (χ4n) is 0.917. The smallest absolute Gasteiger partial charge is 0.257 e. The Labute approximate surface area is 98.3 Å². The summed E-state index contributed by atoms with van der Waals surface area (Å²) in [6.07, 6.45) is 0. The van der Waals surface area contributed by atoms with Crippen LogP contribution in [0.15, 0.2) is 24.3 Å². The second kappa shape index (κ2) is 6.53. The second-order valence-corrected chi connectivity index (χ2v) is 3.60. The van der Waals surface area contributed by atoms with Crippen molar-refractivity contribution in [2.75, 3.05) is 19.0 Å². The van der Waals surface area contributed by atoms with Crippen LogP contribution in [0.2, 0.25) is 5.02 Å². The van der Waals surface area contributed by atoms with E-state index in [4.69, 9.17) is 27.9 Å². The van der Waals surface area contributed by atoms with Crippen LogP contribution in [0, 0.1) is 0 Å². The van der Waals surface area contributed by atoms with E-state index < -0.39 is 0 Å². The molecule has 0 aliphatic rings. The van der Waals surface area contributed by atoms with Crippen LogP contribution >= 0.6 is 23.2 Å². The number of rotatable bonds is 5. The summed E-state index contributed by atoms with van der Waals surface area (Å²) in [6.45, 7) is 0.433. The van der Waals surface area contributed by atoms with Crippen LogP contribution in [0.1, 0.15) is 0 Å². The van der Waals surface area contributed by atoms with Gasteiger partial charge in [-0.3, -0.25) is 4.79 Å². The molecule has 82 valence electrons.